The van der Waals surface area contributed by atoms with E-state index in [9.17, 15) is 19.5 Å². The smallest absolute Gasteiger partial charge is 0.329 e. The van der Waals surface area contributed by atoms with Gasteiger partial charge in [-0.05, 0) is 23.8 Å². The van der Waals surface area contributed by atoms with Crippen LogP contribution >= 0.6 is 0 Å². The summed E-state index contributed by atoms with van der Waals surface area (Å²) in [5.74, 6) is -2.58. The predicted octanol–water partition coefficient (Wildman–Crippen LogP) is -1.98. The van der Waals surface area contributed by atoms with Crippen LogP contribution in [-0.4, -0.2) is 44.8 Å². The van der Waals surface area contributed by atoms with Gasteiger partial charge in [-0.25, -0.2) is 5.43 Å². The second-order valence-electron chi connectivity index (χ2n) is 3.85. The van der Waals surface area contributed by atoms with Crippen molar-refractivity contribution in [3.05, 3.63) is 23.8 Å². The highest BCUT2D eigenvalue weighted by Crippen LogP contribution is 2.27. The van der Waals surface area contributed by atoms with Gasteiger partial charge in [0.2, 0.25) is 0 Å². The van der Waals surface area contributed by atoms with E-state index < -0.39 is 24.4 Å². The molecule has 0 fully saturated rings. The molecule has 0 unspecified atom stereocenters. The molecular formula is C13H14N3O6-. The second-order valence-corrected chi connectivity index (χ2v) is 3.85. The van der Waals surface area contributed by atoms with Gasteiger partial charge in [0.15, 0.2) is 11.5 Å². The van der Waals surface area contributed by atoms with Crippen LogP contribution in [0.4, 0.5) is 0 Å². The Bertz CT molecular complexity index is 599. The standard InChI is InChI=1S/C13H15N3O6/c1-14-12(19)13(20)16-15-6-8-3-4-9(10(5-8)21-2)22-7-11(17)18/h3-6H,7H2,1-2H3,(H,14,19)(H,16,20)(H,17,18)/p-1/b15-6-. The number of aliphatic carboxylic acids is 1. The van der Waals surface area contributed by atoms with Gasteiger partial charge >= 0.3 is 11.8 Å². The highest BCUT2D eigenvalue weighted by Gasteiger charge is 2.09. The third kappa shape index (κ3) is 5.12. The molecule has 0 aliphatic rings. The summed E-state index contributed by atoms with van der Waals surface area (Å²) >= 11 is 0. The average molecular weight is 308 g/mol. The van der Waals surface area contributed by atoms with Crippen molar-refractivity contribution in [3.8, 4) is 11.5 Å². The van der Waals surface area contributed by atoms with Crippen LogP contribution < -0.4 is 25.3 Å². The van der Waals surface area contributed by atoms with E-state index >= 15 is 0 Å². The van der Waals surface area contributed by atoms with Gasteiger partial charge in [-0.15, -0.1) is 0 Å². The average Bonchev–Trinajstić information content (AvgIpc) is 2.52. The van der Waals surface area contributed by atoms with Gasteiger partial charge in [-0.2, -0.15) is 5.10 Å². The zero-order valence-electron chi connectivity index (χ0n) is 11.9. The van der Waals surface area contributed by atoms with Crippen molar-refractivity contribution < 1.29 is 29.0 Å². The number of methoxy groups -OCH3 is 1. The van der Waals surface area contributed by atoms with Crippen LogP contribution in [0.3, 0.4) is 0 Å². The summed E-state index contributed by atoms with van der Waals surface area (Å²) in [6.45, 7) is -0.605. The summed E-state index contributed by atoms with van der Waals surface area (Å²) in [4.78, 5) is 32.4. The van der Waals surface area contributed by atoms with Gasteiger partial charge in [-0.1, -0.05) is 0 Å². The third-order valence-corrected chi connectivity index (χ3v) is 2.35. The number of benzene rings is 1. The Morgan fingerprint density at radius 2 is 2.00 bits per heavy atom. The number of hydrazone groups is 1. The van der Waals surface area contributed by atoms with Crippen molar-refractivity contribution in [1.29, 1.82) is 0 Å². The number of ether oxygens (including phenoxy) is 2. The molecule has 0 spiro atoms. The molecule has 0 aliphatic heterocycles. The van der Waals surface area contributed by atoms with Gasteiger partial charge in [0.05, 0.1) is 19.3 Å². The lowest BCUT2D eigenvalue weighted by atomic mass is 10.2. The highest BCUT2D eigenvalue weighted by molar-refractivity contribution is 6.34. The quantitative estimate of drug-likeness (QED) is 0.356. The van der Waals surface area contributed by atoms with Crippen LogP contribution in [0.5, 0.6) is 11.5 Å². The molecular weight excluding hydrogens is 294 g/mol. The number of nitrogens with zero attached hydrogens (tertiary/aromatic N) is 1. The molecule has 118 valence electrons. The molecule has 0 aromatic heterocycles. The van der Waals surface area contributed by atoms with Crippen molar-refractivity contribution in [1.82, 2.24) is 10.7 Å². The van der Waals surface area contributed by atoms with E-state index in [4.69, 9.17) is 9.47 Å². The lowest BCUT2D eigenvalue weighted by Crippen LogP contribution is -2.35. The summed E-state index contributed by atoms with van der Waals surface area (Å²) in [7, 11) is 2.71. The largest absolute Gasteiger partial charge is 0.546 e. The topological polar surface area (TPSA) is 129 Å². The first kappa shape index (κ1) is 17.0. The molecule has 1 aromatic rings. The van der Waals surface area contributed by atoms with Crippen molar-refractivity contribution >= 4 is 24.0 Å². The first-order valence-electron chi connectivity index (χ1n) is 6.03. The van der Waals surface area contributed by atoms with E-state index in [1.807, 2.05) is 5.43 Å². The SMILES string of the molecule is CNC(=O)C(=O)N/N=C\c1ccc(OCC(=O)[O-])c(OC)c1. The van der Waals surface area contributed by atoms with Crippen LogP contribution in [0, 0.1) is 0 Å². The van der Waals surface area contributed by atoms with Gasteiger partial charge < -0.3 is 24.7 Å². The van der Waals surface area contributed by atoms with E-state index in [2.05, 4.69) is 10.4 Å². The summed E-state index contributed by atoms with van der Waals surface area (Å²) in [5, 5.41) is 16.1. The third-order valence-electron chi connectivity index (χ3n) is 2.35. The molecule has 1 aromatic carbocycles. The Kier molecular flexibility index (Phi) is 6.35. The molecule has 2 N–H and O–H groups in total. The maximum Gasteiger partial charge on any atom is 0.329 e. The molecule has 0 radical (unpaired) electrons. The van der Waals surface area contributed by atoms with E-state index in [1.54, 1.807) is 6.07 Å². The van der Waals surface area contributed by atoms with Crippen molar-refractivity contribution in [3.63, 3.8) is 0 Å². The fourth-order valence-corrected chi connectivity index (χ4v) is 1.35. The monoisotopic (exact) mass is 308 g/mol. The predicted molar refractivity (Wildman–Crippen MR) is 73.3 cm³/mol. The zero-order valence-corrected chi connectivity index (χ0v) is 11.9. The molecule has 1 rings (SSSR count). The van der Waals surface area contributed by atoms with E-state index in [1.165, 1.54) is 32.5 Å². The molecule has 22 heavy (non-hydrogen) atoms. The Labute approximate surface area is 125 Å². The fourth-order valence-electron chi connectivity index (χ4n) is 1.35. The number of likely N-dealkylation sites (N-methyl/N-ethyl adjacent to an activating group) is 1. The minimum absolute atomic E-state index is 0.221. The lowest BCUT2D eigenvalue weighted by Gasteiger charge is -2.11. The number of carboxylic acid groups (broad SMARTS) is 1. The van der Waals surface area contributed by atoms with Crippen LogP contribution in [0.1, 0.15) is 5.56 Å². The summed E-state index contributed by atoms with van der Waals surface area (Å²) in [6, 6.07) is 4.55. The molecule has 0 bridgehead atoms. The van der Waals surface area contributed by atoms with Crippen LogP contribution in [0.15, 0.2) is 23.3 Å². The molecule has 9 nitrogen and oxygen atoms in total. The summed E-state index contributed by atoms with van der Waals surface area (Å²) in [6.07, 6.45) is 1.28. The number of carbonyl (C=O) groups excluding carboxylic acids is 3. The normalized spacial score (nSPS) is 10.1. The van der Waals surface area contributed by atoms with E-state index in [-0.39, 0.29) is 11.5 Å². The molecule has 9 heteroatoms. The molecule has 2 amide bonds. The minimum Gasteiger partial charge on any atom is -0.546 e. The maximum absolute atomic E-state index is 11.1. The second kappa shape index (κ2) is 8.25. The van der Waals surface area contributed by atoms with Crippen molar-refractivity contribution in [2.24, 2.45) is 5.10 Å². The molecule has 0 heterocycles. The summed E-state index contributed by atoms with van der Waals surface area (Å²) < 4.78 is 10.0. The van der Waals surface area contributed by atoms with Gasteiger partial charge in [0.1, 0.15) is 6.61 Å². The molecule has 0 saturated heterocycles. The number of nitrogens with one attached hydrogen (secondary N) is 2. The number of rotatable bonds is 6. The molecule has 0 saturated carbocycles. The van der Waals surface area contributed by atoms with Crippen LogP contribution in [0.2, 0.25) is 0 Å². The van der Waals surface area contributed by atoms with Gasteiger partial charge in [-0.3, -0.25) is 9.59 Å². The van der Waals surface area contributed by atoms with Crippen molar-refractivity contribution in [2.75, 3.05) is 20.8 Å². The zero-order chi connectivity index (χ0) is 16.5. The maximum atomic E-state index is 11.1. The minimum atomic E-state index is -1.36. The van der Waals surface area contributed by atoms with Crippen molar-refractivity contribution in [2.45, 2.75) is 0 Å². The van der Waals surface area contributed by atoms with Crippen LogP contribution in [0.25, 0.3) is 0 Å². The number of hydrogen-bond donors (Lipinski definition) is 2. The van der Waals surface area contributed by atoms with Crippen LogP contribution in [-0.2, 0) is 14.4 Å². The number of carboxylic acids is 1. The lowest BCUT2D eigenvalue weighted by molar-refractivity contribution is -0.307. The number of carbonyl (C=O) groups is 3. The summed E-state index contributed by atoms with van der Waals surface area (Å²) in [5.41, 5.74) is 2.57. The highest BCUT2D eigenvalue weighted by atomic mass is 16.5. The first-order chi connectivity index (χ1) is 10.5. The Balaban J connectivity index is 2.74. The fraction of sp³-hybridized carbons (Fsp3) is 0.231. The Hall–Kier alpha value is -3.10. The Morgan fingerprint density at radius 3 is 2.59 bits per heavy atom. The van der Waals surface area contributed by atoms with E-state index in [0.29, 0.717) is 5.56 Å². The van der Waals surface area contributed by atoms with E-state index in [0.717, 1.165) is 0 Å². The number of amides is 2. The molecule has 0 atom stereocenters. The molecule has 0 aliphatic carbocycles. The number of hydrogen-bond acceptors (Lipinski definition) is 7. The Morgan fingerprint density at radius 1 is 1.27 bits per heavy atom. The van der Waals surface area contributed by atoms with Gasteiger partial charge in [0, 0.05) is 7.05 Å². The first-order valence-corrected chi connectivity index (χ1v) is 6.03. The van der Waals surface area contributed by atoms with Gasteiger partial charge in [0.25, 0.3) is 0 Å².